The van der Waals surface area contributed by atoms with Crippen molar-refractivity contribution in [2.75, 3.05) is 19.0 Å². The minimum atomic E-state index is -0.436. The first-order valence-electron chi connectivity index (χ1n) is 8.63. The molecule has 0 saturated carbocycles. The number of amides is 2. The summed E-state index contributed by atoms with van der Waals surface area (Å²) >= 11 is 6.81. The Bertz CT molecular complexity index is 909. The van der Waals surface area contributed by atoms with Gasteiger partial charge in [0.05, 0.1) is 28.2 Å². The van der Waals surface area contributed by atoms with Crippen LogP contribution in [0.1, 0.15) is 18.9 Å². The van der Waals surface area contributed by atoms with Crippen LogP contribution in [0.5, 0.6) is 11.5 Å². The maximum atomic E-state index is 12.2. The number of nitrogens with zero attached hydrogens (tertiary/aromatic N) is 1. The number of ether oxygens (including phenoxy) is 2. The molecule has 0 bridgehead atoms. The van der Waals surface area contributed by atoms with Crippen molar-refractivity contribution in [3.8, 4) is 11.5 Å². The van der Waals surface area contributed by atoms with Gasteiger partial charge in [0.15, 0.2) is 6.61 Å². The number of halogens is 2. The zero-order chi connectivity index (χ0) is 21.4. The molecule has 154 valence electrons. The first-order valence-corrected chi connectivity index (χ1v) is 10.2. The first-order chi connectivity index (χ1) is 13.8. The van der Waals surface area contributed by atoms with Gasteiger partial charge in [0, 0.05) is 5.71 Å². The minimum Gasteiger partial charge on any atom is -0.495 e. The number of carbonyl (C=O) groups is 2. The lowest BCUT2D eigenvalue weighted by Crippen LogP contribution is -2.26. The van der Waals surface area contributed by atoms with E-state index in [4.69, 9.17) is 9.47 Å². The Morgan fingerprint density at radius 2 is 1.76 bits per heavy atom. The highest BCUT2D eigenvalue weighted by Crippen LogP contribution is 2.34. The third-order valence-corrected chi connectivity index (χ3v) is 4.84. The van der Waals surface area contributed by atoms with Crippen LogP contribution in [0.15, 0.2) is 50.4 Å². The van der Waals surface area contributed by atoms with Crippen LogP contribution in [-0.2, 0) is 9.59 Å². The molecule has 0 aliphatic carbocycles. The van der Waals surface area contributed by atoms with Gasteiger partial charge < -0.3 is 14.8 Å². The fourth-order valence-electron chi connectivity index (χ4n) is 2.37. The molecule has 0 unspecified atom stereocenters. The average molecular weight is 527 g/mol. The van der Waals surface area contributed by atoms with Crippen molar-refractivity contribution in [3.63, 3.8) is 0 Å². The van der Waals surface area contributed by atoms with Crippen molar-refractivity contribution >= 4 is 55.1 Å². The van der Waals surface area contributed by atoms with E-state index in [1.54, 1.807) is 25.1 Å². The zero-order valence-corrected chi connectivity index (χ0v) is 19.4. The van der Waals surface area contributed by atoms with E-state index in [0.29, 0.717) is 22.9 Å². The summed E-state index contributed by atoms with van der Waals surface area (Å²) in [5.41, 5.74) is 4.45. The molecule has 0 saturated heterocycles. The standard InChI is InChI=1S/C20H21Br2N3O4/c1-12-8-14(21)20(15(22)9-12)29-11-19(27)25-24-13(2)10-18(26)23-16-6-4-5-7-17(16)28-3/h4-9H,10-11H2,1-3H3,(H,23,26)(H,25,27)/b24-13-. The van der Waals surface area contributed by atoms with E-state index in [9.17, 15) is 9.59 Å². The van der Waals surface area contributed by atoms with Crippen molar-refractivity contribution in [2.24, 2.45) is 5.10 Å². The molecular weight excluding hydrogens is 506 g/mol. The van der Waals surface area contributed by atoms with Gasteiger partial charge in [-0.2, -0.15) is 5.10 Å². The second-order valence-electron chi connectivity index (χ2n) is 6.15. The van der Waals surface area contributed by atoms with E-state index in [2.05, 4.69) is 47.7 Å². The first kappa shape index (κ1) is 22.9. The fraction of sp³-hybridized carbons (Fsp3) is 0.250. The Morgan fingerprint density at radius 3 is 2.41 bits per heavy atom. The van der Waals surface area contributed by atoms with Crippen molar-refractivity contribution in [3.05, 3.63) is 50.9 Å². The summed E-state index contributed by atoms with van der Waals surface area (Å²) in [6, 6.07) is 10.9. The Kier molecular flexibility index (Phi) is 8.66. The maximum Gasteiger partial charge on any atom is 0.277 e. The Labute approximate surface area is 186 Å². The van der Waals surface area contributed by atoms with Crippen LogP contribution < -0.4 is 20.2 Å². The van der Waals surface area contributed by atoms with Gasteiger partial charge in [0.1, 0.15) is 11.5 Å². The molecule has 7 nitrogen and oxygen atoms in total. The third kappa shape index (κ3) is 7.17. The summed E-state index contributed by atoms with van der Waals surface area (Å²) in [4.78, 5) is 24.1. The number of hydrogen-bond acceptors (Lipinski definition) is 5. The molecule has 0 radical (unpaired) electrons. The second-order valence-corrected chi connectivity index (χ2v) is 7.86. The van der Waals surface area contributed by atoms with E-state index < -0.39 is 5.91 Å². The third-order valence-electron chi connectivity index (χ3n) is 3.66. The van der Waals surface area contributed by atoms with E-state index >= 15 is 0 Å². The van der Waals surface area contributed by atoms with Crippen molar-refractivity contribution in [2.45, 2.75) is 20.3 Å². The number of anilines is 1. The maximum absolute atomic E-state index is 12.2. The molecule has 0 spiro atoms. The molecule has 2 aromatic carbocycles. The molecule has 9 heteroatoms. The van der Waals surface area contributed by atoms with Crippen LogP contribution in [0.4, 0.5) is 5.69 Å². The summed E-state index contributed by atoms with van der Waals surface area (Å²) in [5.74, 6) is 0.389. The van der Waals surface area contributed by atoms with Crippen LogP contribution >= 0.6 is 31.9 Å². The summed E-state index contributed by atoms with van der Waals surface area (Å²) in [7, 11) is 1.53. The number of para-hydroxylation sites is 2. The number of rotatable bonds is 8. The number of nitrogens with one attached hydrogen (secondary N) is 2. The summed E-state index contributed by atoms with van der Waals surface area (Å²) in [6.07, 6.45) is 0.0221. The van der Waals surface area contributed by atoms with Crippen LogP contribution in [0.2, 0.25) is 0 Å². The molecule has 2 aromatic rings. The molecular formula is C20H21Br2N3O4. The van der Waals surface area contributed by atoms with Crippen molar-refractivity contribution < 1.29 is 19.1 Å². The van der Waals surface area contributed by atoms with E-state index in [0.717, 1.165) is 14.5 Å². The monoisotopic (exact) mass is 525 g/mol. The van der Waals surface area contributed by atoms with E-state index in [1.807, 2.05) is 25.1 Å². The van der Waals surface area contributed by atoms with Gasteiger partial charge in [-0.05, 0) is 75.5 Å². The Hall–Kier alpha value is -2.39. The molecule has 0 aliphatic rings. The van der Waals surface area contributed by atoms with Crippen LogP contribution in [0, 0.1) is 6.92 Å². The predicted octanol–water partition coefficient (Wildman–Crippen LogP) is 4.43. The molecule has 2 rings (SSSR count). The number of carbonyl (C=O) groups excluding carboxylic acids is 2. The van der Waals surface area contributed by atoms with Gasteiger partial charge in [0.2, 0.25) is 5.91 Å². The topological polar surface area (TPSA) is 89.0 Å². The highest BCUT2D eigenvalue weighted by molar-refractivity contribution is 9.11. The molecule has 0 atom stereocenters. The number of benzene rings is 2. The SMILES string of the molecule is COc1ccccc1NC(=O)C/C(C)=N\NC(=O)COc1c(Br)cc(C)cc1Br. The smallest absolute Gasteiger partial charge is 0.277 e. The lowest BCUT2D eigenvalue weighted by Gasteiger charge is -2.11. The largest absolute Gasteiger partial charge is 0.495 e. The predicted molar refractivity (Wildman–Crippen MR) is 120 cm³/mol. The highest BCUT2D eigenvalue weighted by atomic mass is 79.9. The van der Waals surface area contributed by atoms with Gasteiger partial charge in [0.25, 0.3) is 5.91 Å². The molecule has 0 heterocycles. The van der Waals surface area contributed by atoms with Crippen molar-refractivity contribution in [1.82, 2.24) is 5.43 Å². The minimum absolute atomic E-state index is 0.0221. The molecule has 2 N–H and O–H groups in total. The zero-order valence-electron chi connectivity index (χ0n) is 16.2. The van der Waals surface area contributed by atoms with E-state index in [-0.39, 0.29) is 18.9 Å². The Morgan fingerprint density at radius 1 is 1.10 bits per heavy atom. The van der Waals surface area contributed by atoms with Gasteiger partial charge in [-0.3, -0.25) is 9.59 Å². The number of methoxy groups -OCH3 is 1. The van der Waals surface area contributed by atoms with Crippen LogP contribution in [0.3, 0.4) is 0 Å². The van der Waals surface area contributed by atoms with E-state index in [1.165, 1.54) is 7.11 Å². The average Bonchev–Trinajstić information content (AvgIpc) is 2.65. The molecule has 0 fully saturated rings. The quantitative estimate of drug-likeness (QED) is 0.393. The van der Waals surface area contributed by atoms with Gasteiger partial charge in [-0.1, -0.05) is 12.1 Å². The van der Waals surface area contributed by atoms with Crippen molar-refractivity contribution in [1.29, 1.82) is 0 Å². The molecule has 0 aromatic heterocycles. The summed E-state index contributed by atoms with van der Waals surface area (Å²) < 4.78 is 12.2. The molecule has 2 amide bonds. The van der Waals surface area contributed by atoms with Gasteiger partial charge >= 0.3 is 0 Å². The normalized spacial score (nSPS) is 11.0. The Balaban J connectivity index is 1.84. The fourth-order valence-corrected chi connectivity index (χ4v) is 4.01. The summed E-state index contributed by atoms with van der Waals surface area (Å²) in [5, 5.41) is 6.69. The number of aryl methyl sites for hydroxylation is 1. The lowest BCUT2D eigenvalue weighted by molar-refractivity contribution is -0.123. The second kappa shape index (κ2) is 11.0. The number of hydrazone groups is 1. The van der Waals surface area contributed by atoms with Crippen LogP contribution in [0.25, 0.3) is 0 Å². The van der Waals surface area contributed by atoms with Crippen LogP contribution in [-0.4, -0.2) is 31.2 Å². The lowest BCUT2D eigenvalue weighted by atomic mass is 10.2. The number of hydrogen-bond donors (Lipinski definition) is 2. The highest BCUT2D eigenvalue weighted by Gasteiger charge is 2.11. The summed E-state index contributed by atoms with van der Waals surface area (Å²) in [6.45, 7) is 3.38. The van der Waals surface area contributed by atoms with Gasteiger partial charge in [-0.15, -0.1) is 0 Å². The molecule has 29 heavy (non-hydrogen) atoms. The molecule has 0 aliphatic heterocycles. The van der Waals surface area contributed by atoms with Gasteiger partial charge in [-0.25, -0.2) is 5.43 Å².